The van der Waals surface area contributed by atoms with Gasteiger partial charge < -0.3 is 15.2 Å². The first-order chi connectivity index (χ1) is 8.63. The van der Waals surface area contributed by atoms with Crippen molar-refractivity contribution in [2.45, 2.75) is 31.8 Å². The average Bonchev–Trinajstić information content (AvgIpc) is 2.89. The summed E-state index contributed by atoms with van der Waals surface area (Å²) in [4.78, 5) is 26.2. The fraction of sp³-hybridized carbons (Fsp3) is 0.545. The maximum absolute atomic E-state index is 11.7. The third kappa shape index (κ3) is 3.78. The predicted octanol–water partition coefficient (Wildman–Crippen LogP) is 1.28. The highest BCUT2D eigenvalue weighted by molar-refractivity contribution is 7.13. The third-order valence-electron chi connectivity index (χ3n) is 2.57. The molecule has 1 aromatic rings. The number of hydrogen-bond acceptors (Lipinski definition) is 5. The summed E-state index contributed by atoms with van der Waals surface area (Å²) in [5, 5.41) is 13.3. The van der Waals surface area contributed by atoms with Gasteiger partial charge in [-0.2, -0.15) is 0 Å². The third-order valence-corrected chi connectivity index (χ3v) is 3.37. The molecule has 0 spiro atoms. The normalized spacial score (nSPS) is 18.8. The van der Waals surface area contributed by atoms with Crippen molar-refractivity contribution < 1.29 is 19.4 Å². The number of hydrogen-bond donors (Lipinski definition) is 2. The molecule has 1 fully saturated rings. The molecule has 0 bridgehead atoms. The molecular weight excluding hydrogens is 256 g/mol. The van der Waals surface area contributed by atoms with Crippen molar-refractivity contribution in [3.05, 3.63) is 11.1 Å². The van der Waals surface area contributed by atoms with Gasteiger partial charge in [0, 0.05) is 12.0 Å². The Balaban J connectivity index is 1.82. The zero-order chi connectivity index (χ0) is 13.0. The van der Waals surface area contributed by atoms with E-state index in [9.17, 15) is 9.59 Å². The van der Waals surface area contributed by atoms with Gasteiger partial charge in [0.25, 0.3) is 0 Å². The quantitative estimate of drug-likeness (QED) is 0.841. The van der Waals surface area contributed by atoms with Gasteiger partial charge in [-0.05, 0) is 12.8 Å². The van der Waals surface area contributed by atoms with Gasteiger partial charge in [-0.25, -0.2) is 4.98 Å². The molecular formula is C11H14N2O4S. The number of carbonyl (C=O) groups is 2. The fourth-order valence-electron chi connectivity index (χ4n) is 1.78. The van der Waals surface area contributed by atoms with E-state index < -0.39 is 5.97 Å². The van der Waals surface area contributed by atoms with Crippen LogP contribution in [0.1, 0.15) is 25.0 Å². The van der Waals surface area contributed by atoms with Gasteiger partial charge in [-0.15, -0.1) is 11.3 Å². The minimum Gasteiger partial charge on any atom is -0.481 e. The molecule has 2 rings (SSSR count). The number of carboxylic acid groups (broad SMARTS) is 1. The van der Waals surface area contributed by atoms with Crippen molar-refractivity contribution in [1.29, 1.82) is 0 Å². The molecule has 1 unspecified atom stereocenters. The number of aliphatic carboxylic acids is 1. The summed E-state index contributed by atoms with van der Waals surface area (Å²) in [6, 6.07) is 0. The molecule has 0 aromatic carbocycles. The van der Waals surface area contributed by atoms with Gasteiger partial charge in [-0.1, -0.05) is 0 Å². The Labute approximate surface area is 108 Å². The van der Waals surface area contributed by atoms with Gasteiger partial charge in [0.2, 0.25) is 5.91 Å². The molecule has 1 saturated heterocycles. The lowest BCUT2D eigenvalue weighted by Crippen LogP contribution is -2.19. The van der Waals surface area contributed by atoms with Crippen molar-refractivity contribution in [1.82, 2.24) is 4.98 Å². The smallest absolute Gasteiger partial charge is 0.309 e. The monoisotopic (exact) mass is 270 g/mol. The molecule has 6 nitrogen and oxygen atoms in total. The van der Waals surface area contributed by atoms with Crippen LogP contribution >= 0.6 is 11.3 Å². The lowest BCUT2D eigenvalue weighted by molar-refractivity contribution is -0.136. The van der Waals surface area contributed by atoms with Crippen LogP contribution in [0.25, 0.3) is 0 Å². The van der Waals surface area contributed by atoms with Crippen LogP contribution in [0.5, 0.6) is 0 Å². The topological polar surface area (TPSA) is 88.5 Å². The number of rotatable bonds is 5. The second-order valence-corrected chi connectivity index (χ2v) is 4.96. The summed E-state index contributed by atoms with van der Waals surface area (Å²) >= 11 is 1.23. The lowest BCUT2D eigenvalue weighted by Gasteiger charge is -2.07. The van der Waals surface area contributed by atoms with Gasteiger partial charge in [0.05, 0.1) is 24.6 Å². The first-order valence-corrected chi connectivity index (χ1v) is 6.59. The molecule has 18 heavy (non-hydrogen) atoms. The van der Waals surface area contributed by atoms with Gasteiger partial charge in [-0.3, -0.25) is 9.59 Å². The maximum atomic E-state index is 11.7. The van der Waals surface area contributed by atoms with Crippen molar-refractivity contribution in [2.75, 3.05) is 11.9 Å². The summed E-state index contributed by atoms with van der Waals surface area (Å²) in [6.45, 7) is 0.720. The fourth-order valence-corrected chi connectivity index (χ4v) is 2.51. The van der Waals surface area contributed by atoms with E-state index >= 15 is 0 Å². The SMILES string of the molecule is O=C(O)Cc1csc(NC(=O)CC2CCCO2)n1. The Kier molecular flexibility index (Phi) is 4.27. The number of thiazole rings is 1. The van der Waals surface area contributed by atoms with Crippen LogP contribution in [-0.2, 0) is 20.7 Å². The minimum absolute atomic E-state index is 0.00320. The Morgan fingerprint density at radius 3 is 3.11 bits per heavy atom. The van der Waals surface area contributed by atoms with Crippen LogP contribution in [0, 0.1) is 0 Å². The molecule has 98 valence electrons. The largest absolute Gasteiger partial charge is 0.481 e. The van der Waals surface area contributed by atoms with Crippen LogP contribution in [0.2, 0.25) is 0 Å². The van der Waals surface area contributed by atoms with E-state index in [1.807, 2.05) is 0 Å². The standard InChI is InChI=1S/C11H14N2O4S/c14-9(5-8-2-1-3-17-8)13-11-12-7(6-18-11)4-10(15)16/h6,8H,1-5H2,(H,15,16)(H,12,13,14). The Morgan fingerprint density at radius 2 is 2.44 bits per heavy atom. The summed E-state index contributed by atoms with van der Waals surface area (Å²) in [6.07, 6.45) is 2.11. The summed E-state index contributed by atoms with van der Waals surface area (Å²) in [5.41, 5.74) is 0.458. The number of amides is 1. The van der Waals surface area contributed by atoms with Crippen molar-refractivity contribution in [3.8, 4) is 0 Å². The molecule has 1 amide bonds. The molecule has 1 aliphatic heterocycles. The highest BCUT2D eigenvalue weighted by Crippen LogP contribution is 2.19. The van der Waals surface area contributed by atoms with E-state index in [2.05, 4.69) is 10.3 Å². The Morgan fingerprint density at radius 1 is 1.61 bits per heavy atom. The van der Waals surface area contributed by atoms with E-state index in [4.69, 9.17) is 9.84 Å². The molecule has 0 radical (unpaired) electrons. The molecule has 7 heteroatoms. The number of aromatic nitrogens is 1. The van der Waals surface area contributed by atoms with Gasteiger partial charge >= 0.3 is 5.97 Å². The Hall–Kier alpha value is -1.47. The molecule has 0 saturated carbocycles. The van der Waals surface area contributed by atoms with Crippen molar-refractivity contribution in [2.24, 2.45) is 0 Å². The number of nitrogens with one attached hydrogen (secondary N) is 1. The zero-order valence-electron chi connectivity index (χ0n) is 9.72. The first kappa shape index (κ1) is 13.0. The molecule has 2 N–H and O–H groups in total. The maximum Gasteiger partial charge on any atom is 0.309 e. The van der Waals surface area contributed by atoms with Crippen molar-refractivity contribution >= 4 is 28.3 Å². The summed E-state index contributed by atoms with van der Waals surface area (Å²) < 4.78 is 5.36. The van der Waals surface area contributed by atoms with Gasteiger partial charge in [0.15, 0.2) is 5.13 Å². The van der Waals surface area contributed by atoms with Crippen molar-refractivity contribution in [3.63, 3.8) is 0 Å². The molecule has 2 heterocycles. The second kappa shape index (κ2) is 5.92. The molecule has 1 aliphatic rings. The van der Waals surface area contributed by atoms with E-state index in [0.29, 0.717) is 17.2 Å². The van der Waals surface area contributed by atoms with Crippen LogP contribution in [0.15, 0.2) is 5.38 Å². The average molecular weight is 270 g/mol. The lowest BCUT2D eigenvalue weighted by atomic mass is 10.2. The van der Waals surface area contributed by atoms with E-state index in [0.717, 1.165) is 19.4 Å². The highest BCUT2D eigenvalue weighted by atomic mass is 32.1. The summed E-state index contributed by atoms with van der Waals surface area (Å²) in [7, 11) is 0. The first-order valence-electron chi connectivity index (χ1n) is 5.71. The van der Waals surface area contributed by atoms with Crippen LogP contribution in [-0.4, -0.2) is 34.7 Å². The van der Waals surface area contributed by atoms with Crippen LogP contribution < -0.4 is 5.32 Å². The van der Waals surface area contributed by atoms with E-state index in [1.54, 1.807) is 5.38 Å². The zero-order valence-corrected chi connectivity index (χ0v) is 10.5. The number of nitrogens with zero attached hydrogens (tertiary/aromatic N) is 1. The summed E-state index contributed by atoms with van der Waals surface area (Å²) in [5.74, 6) is -1.07. The highest BCUT2D eigenvalue weighted by Gasteiger charge is 2.19. The predicted molar refractivity (Wildman–Crippen MR) is 65.7 cm³/mol. The van der Waals surface area contributed by atoms with E-state index in [-0.39, 0.29) is 18.4 Å². The molecule has 1 atom stereocenters. The van der Waals surface area contributed by atoms with Crippen LogP contribution in [0.4, 0.5) is 5.13 Å². The Bertz CT molecular complexity index is 440. The number of ether oxygens (including phenoxy) is 1. The van der Waals surface area contributed by atoms with Crippen LogP contribution in [0.3, 0.4) is 0 Å². The van der Waals surface area contributed by atoms with Gasteiger partial charge in [0.1, 0.15) is 0 Å². The number of carbonyl (C=O) groups excluding carboxylic acids is 1. The molecule has 1 aromatic heterocycles. The number of anilines is 1. The molecule has 0 aliphatic carbocycles. The minimum atomic E-state index is -0.933. The van der Waals surface area contributed by atoms with E-state index in [1.165, 1.54) is 11.3 Å². The number of carboxylic acids is 1. The second-order valence-electron chi connectivity index (χ2n) is 4.10.